The summed E-state index contributed by atoms with van der Waals surface area (Å²) in [4.78, 5) is 37.1. The number of carbonyl (C=O) groups excluding carboxylic acids is 3. The van der Waals surface area contributed by atoms with Gasteiger partial charge in [0.25, 0.3) is 5.91 Å². The zero-order chi connectivity index (χ0) is 21.0. The molecule has 3 rings (SSSR count). The van der Waals surface area contributed by atoms with Gasteiger partial charge in [-0.15, -0.1) is 0 Å². The Morgan fingerprint density at radius 1 is 1.07 bits per heavy atom. The van der Waals surface area contributed by atoms with E-state index in [4.69, 9.17) is 11.6 Å². The predicted molar refractivity (Wildman–Crippen MR) is 115 cm³/mol. The highest BCUT2D eigenvalue weighted by Gasteiger charge is 2.38. The highest BCUT2D eigenvalue weighted by Crippen LogP contribution is 2.19. The van der Waals surface area contributed by atoms with E-state index in [-0.39, 0.29) is 17.9 Å². The van der Waals surface area contributed by atoms with Crippen LogP contribution in [0.3, 0.4) is 0 Å². The van der Waals surface area contributed by atoms with Crippen LogP contribution in [0.15, 0.2) is 64.3 Å². The normalized spacial score (nSPS) is 17.6. The second-order valence-corrected chi connectivity index (χ2v) is 7.76. The Bertz CT molecular complexity index is 974. The van der Waals surface area contributed by atoms with Crippen LogP contribution in [0.1, 0.15) is 13.3 Å². The Hall–Kier alpha value is -2.84. The maximum Gasteiger partial charge on any atom is 0.257 e. The molecule has 0 saturated carbocycles. The van der Waals surface area contributed by atoms with E-state index in [2.05, 4.69) is 37.4 Å². The van der Waals surface area contributed by atoms with Gasteiger partial charge in [-0.05, 0) is 55.5 Å². The minimum Gasteiger partial charge on any atom is -0.341 e. The summed E-state index contributed by atoms with van der Waals surface area (Å²) in [5, 5.41) is 5.87. The molecule has 1 aliphatic rings. The molecule has 1 atom stereocenters. The van der Waals surface area contributed by atoms with Crippen molar-refractivity contribution in [1.29, 1.82) is 0 Å². The van der Waals surface area contributed by atoms with Gasteiger partial charge in [-0.2, -0.15) is 0 Å². The van der Waals surface area contributed by atoms with Gasteiger partial charge < -0.3 is 21.5 Å². The molecule has 1 heterocycles. The van der Waals surface area contributed by atoms with Crippen LogP contribution in [0.4, 0.5) is 11.4 Å². The molecule has 2 amide bonds. The smallest absolute Gasteiger partial charge is 0.257 e. The summed E-state index contributed by atoms with van der Waals surface area (Å²) in [6.07, 6.45) is -0.151. The average Bonchev–Trinajstić information content (AvgIpc) is 2.96. The number of carbonyl (C=O) groups is 3. The molecule has 1 saturated heterocycles. The fourth-order valence-electron chi connectivity index (χ4n) is 2.77. The zero-order valence-electron chi connectivity index (χ0n) is 15.4. The van der Waals surface area contributed by atoms with E-state index in [1.165, 1.54) is 0 Å². The second-order valence-electron chi connectivity index (χ2n) is 6.41. The summed E-state index contributed by atoms with van der Waals surface area (Å²) >= 11 is 9.16. The maximum atomic E-state index is 12.6. The molecule has 1 unspecified atom stereocenters. The van der Waals surface area contributed by atoms with Gasteiger partial charge >= 0.3 is 0 Å². The number of benzene rings is 2. The summed E-state index contributed by atoms with van der Waals surface area (Å²) in [7, 11) is 0. The van der Waals surface area contributed by atoms with Gasteiger partial charge in [0.2, 0.25) is 5.91 Å². The minimum absolute atomic E-state index is 0.00657. The van der Waals surface area contributed by atoms with Crippen LogP contribution in [0.25, 0.3) is 0 Å². The standard InChI is InChI=1S/C20H18BrClN4O3/c1-11(25-26-15-8-4-13(22)5-9-15)18-19(28)16(24-20(18)29)10-17(27)23-14-6-2-12(21)3-7-14/h2-9,16,25-26H,10H2,1H3,(H,23,27)(H,24,29). The lowest BCUT2D eigenvalue weighted by atomic mass is 10.1. The highest BCUT2D eigenvalue weighted by atomic mass is 79.9. The molecule has 150 valence electrons. The minimum atomic E-state index is -0.903. The molecular formula is C20H18BrClN4O3. The first-order valence-electron chi connectivity index (χ1n) is 8.72. The van der Waals surface area contributed by atoms with Crippen LogP contribution in [-0.2, 0) is 14.4 Å². The third kappa shape index (κ3) is 5.36. The third-order valence-corrected chi connectivity index (χ3v) is 5.01. The van der Waals surface area contributed by atoms with Crippen LogP contribution in [0.5, 0.6) is 0 Å². The summed E-state index contributed by atoms with van der Waals surface area (Å²) in [6, 6.07) is 13.1. The number of amides is 2. The second kappa shape index (κ2) is 9.11. The van der Waals surface area contributed by atoms with Gasteiger partial charge in [0.1, 0.15) is 11.6 Å². The number of ketones is 1. The van der Waals surface area contributed by atoms with Crippen molar-refractivity contribution in [3.63, 3.8) is 0 Å². The Balaban J connectivity index is 1.61. The molecule has 7 nitrogen and oxygen atoms in total. The van der Waals surface area contributed by atoms with Crippen molar-refractivity contribution in [1.82, 2.24) is 10.7 Å². The van der Waals surface area contributed by atoms with Crippen LogP contribution in [-0.4, -0.2) is 23.6 Å². The largest absolute Gasteiger partial charge is 0.341 e. The number of anilines is 2. The van der Waals surface area contributed by atoms with Crippen molar-refractivity contribution >= 4 is 56.5 Å². The first-order valence-corrected chi connectivity index (χ1v) is 9.89. The van der Waals surface area contributed by atoms with Crippen molar-refractivity contribution < 1.29 is 14.4 Å². The Labute approximate surface area is 181 Å². The number of allylic oxidation sites excluding steroid dienone is 1. The molecule has 9 heteroatoms. The van der Waals surface area contributed by atoms with Crippen LogP contribution < -0.4 is 21.5 Å². The number of hydrogen-bond donors (Lipinski definition) is 4. The van der Waals surface area contributed by atoms with E-state index in [0.29, 0.717) is 22.1 Å². The molecule has 0 aromatic heterocycles. The molecule has 1 fully saturated rings. The summed E-state index contributed by atoms with van der Waals surface area (Å²) in [6.45, 7) is 1.61. The number of hydrazine groups is 1. The molecule has 1 aliphatic heterocycles. The van der Waals surface area contributed by atoms with E-state index in [1.54, 1.807) is 55.5 Å². The Morgan fingerprint density at radius 3 is 2.34 bits per heavy atom. The van der Waals surface area contributed by atoms with Gasteiger partial charge in [-0.1, -0.05) is 27.5 Å². The molecular weight excluding hydrogens is 460 g/mol. The molecule has 0 bridgehead atoms. The van der Waals surface area contributed by atoms with Crippen molar-refractivity contribution in [3.05, 3.63) is 69.3 Å². The summed E-state index contributed by atoms with van der Waals surface area (Å²) in [5.74, 6) is -1.31. The first kappa shape index (κ1) is 20.9. The third-order valence-electron chi connectivity index (χ3n) is 4.23. The molecule has 0 spiro atoms. The maximum absolute atomic E-state index is 12.6. The molecule has 0 radical (unpaired) electrons. The van der Waals surface area contributed by atoms with Gasteiger partial charge in [-0.25, -0.2) is 0 Å². The molecule has 4 N–H and O–H groups in total. The first-order chi connectivity index (χ1) is 13.8. The number of rotatable bonds is 6. The average molecular weight is 478 g/mol. The lowest BCUT2D eigenvalue weighted by Gasteiger charge is -2.11. The van der Waals surface area contributed by atoms with Crippen LogP contribution in [0.2, 0.25) is 5.02 Å². The van der Waals surface area contributed by atoms with Gasteiger partial charge in [0, 0.05) is 20.9 Å². The van der Waals surface area contributed by atoms with Gasteiger partial charge in [-0.3, -0.25) is 14.4 Å². The Kier molecular flexibility index (Phi) is 6.56. The number of hydrogen-bond acceptors (Lipinski definition) is 5. The highest BCUT2D eigenvalue weighted by molar-refractivity contribution is 9.10. The number of nitrogens with one attached hydrogen (secondary N) is 4. The predicted octanol–water partition coefficient (Wildman–Crippen LogP) is 3.39. The lowest BCUT2D eigenvalue weighted by molar-refractivity contribution is -0.121. The van der Waals surface area contributed by atoms with E-state index in [1.807, 2.05) is 0 Å². The van der Waals surface area contributed by atoms with Crippen LogP contribution >= 0.6 is 27.5 Å². The molecule has 0 aliphatic carbocycles. The fourth-order valence-corrected chi connectivity index (χ4v) is 3.16. The lowest BCUT2D eigenvalue weighted by Crippen LogP contribution is -2.33. The topological polar surface area (TPSA) is 99.3 Å². The Morgan fingerprint density at radius 2 is 1.69 bits per heavy atom. The van der Waals surface area contributed by atoms with E-state index in [0.717, 1.165) is 4.47 Å². The van der Waals surface area contributed by atoms with Crippen LogP contribution in [0, 0.1) is 0 Å². The van der Waals surface area contributed by atoms with Crippen molar-refractivity contribution in [2.24, 2.45) is 0 Å². The molecule has 2 aromatic rings. The van der Waals surface area contributed by atoms with Crippen molar-refractivity contribution in [2.45, 2.75) is 19.4 Å². The van der Waals surface area contributed by atoms with Gasteiger partial charge in [0.15, 0.2) is 5.78 Å². The summed E-state index contributed by atoms with van der Waals surface area (Å²) < 4.78 is 0.888. The van der Waals surface area contributed by atoms with Gasteiger partial charge in [0.05, 0.1) is 12.1 Å². The monoisotopic (exact) mass is 476 g/mol. The SMILES string of the molecule is CC(NNc1ccc(Cl)cc1)=C1C(=O)NC(CC(=O)Nc2ccc(Br)cc2)C1=O. The van der Waals surface area contributed by atoms with E-state index in [9.17, 15) is 14.4 Å². The van der Waals surface area contributed by atoms with Crippen molar-refractivity contribution in [2.75, 3.05) is 10.7 Å². The molecule has 2 aromatic carbocycles. The number of halogens is 2. The van der Waals surface area contributed by atoms with Crippen molar-refractivity contribution in [3.8, 4) is 0 Å². The van der Waals surface area contributed by atoms with E-state index >= 15 is 0 Å². The zero-order valence-corrected chi connectivity index (χ0v) is 17.7. The van der Waals surface area contributed by atoms with E-state index < -0.39 is 17.7 Å². The summed E-state index contributed by atoms with van der Waals surface area (Å²) in [5.41, 5.74) is 7.41. The fraction of sp³-hybridized carbons (Fsp3) is 0.150. The molecule has 29 heavy (non-hydrogen) atoms. The quantitative estimate of drug-likeness (QED) is 0.290. The number of Topliss-reactive ketones (excluding diaryl/α,β-unsaturated/α-hetero) is 1.